The highest BCUT2D eigenvalue weighted by Crippen LogP contribution is 2.44. The van der Waals surface area contributed by atoms with Crippen LogP contribution in [-0.4, -0.2) is 22.6 Å². The molecule has 0 spiro atoms. The summed E-state index contributed by atoms with van der Waals surface area (Å²) in [5, 5.41) is 11.6. The lowest BCUT2D eigenvalue weighted by Gasteiger charge is -2.44. The van der Waals surface area contributed by atoms with Crippen LogP contribution in [-0.2, 0) is 0 Å². The highest BCUT2D eigenvalue weighted by Gasteiger charge is 2.46. The zero-order valence-corrected chi connectivity index (χ0v) is 17.0. The van der Waals surface area contributed by atoms with Crippen LogP contribution >= 0.6 is 11.6 Å². The third kappa shape index (κ3) is 2.75. The van der Waals surface area contributed by atoms with Gasteiger partial charge in [-0.15, -0.1) is 0 Å². The summed E-state index contributed by atoms with van der Waals surface area (Å²) in [6.07, 6.45) is 3.26. The molecule has 0 amide bonds. The standard InChI is InChI=1S/C18H29ClN2OSi/c1-11(2)23(12(3)4,13(5)6)21-9-8-15-17(14(7)22)16(19)10-20-18(15)21/h8-14,22H,1-7H3. The largest absolute Gasteiger partial charge is 0.389 e. The molecule has 2 aromatic rings. The van der Waals surface area contributed by atoms with Crippen LogP contribution in [0.1, 0.15) is 60.1 Å². The van der Waals surface area contributed by atoms with Crippen molar-refractivity contribution in [1.29, 1.82) is 0 Å². The number of rotatable bonds is 5. The Kier molecular flexibility index (Phi) is 5.29. The van der Waals surface area contributed by atoms with Gasteiger partial charge in [0.1, 0.15) is 5.65 Å². The van der Waals surface area contributed by atoms with Crippen LogP contribution in [0.15, 0.2) is 18.5 Å². The predicted octanol–water partition coefficient (Wildman–Crippen LogP) is 5.77. The summed E-state index contributed by atoms with van der Waals surface area (Å²) in [6, 6.07) is 2.07. The minimum Gasteiger partial charge on any atom is -0.389 e. The fourth-order valence-corrected chi connectivity index (χ4v) is 11.5. The van der Waals surface area contributed by atoms with Crippen LogP contribution in [0.5, 0.6) is 0 Å². The van der Waals surface area contributed by atoms with E-state index in [-0.39, 0.29) is 0 Å². The molecule has 0 saturated heterocycles. The number of fused-ring (bicyclic) bond motifs is 1. The molecule has 1 unspecified atom stereocenters. The first-order chi connectivity index (χ1) is 10.7. The van der Waals surface area contributed by atoms with Gasteiger partial charge in [-0.2, -0.15) is 0 Å². The summed E-state index contributed by atoms with van der Waals surface area (Å²) < 4.78 is 2.45. The zero-order valence-electron chi connectivity index (χ0n) is 15.3. The van der Waals surface area contributed by atoms with Crippen molar-refractivity contribution < 1.29 is 5.11 Å². The van der Waals surface area contributed by atoms with Crippen molar-refractivity contribution in [1.82, 2.24) is 9.22 Å². The van der Waals surface area contributed by atoms with E-state index in [0.717, 1.165) is 16.6 Å². The van der Waals surface area contributed by atoms with Gasteiger partial charge in [-0.1, -0.05) is 53.1 Å². The van der Waals surface area contributed by atoms with Gasteiger partial charge in [-0.25, -0.2) is 4.98 Å². The van der Waals surface area contributed by atoms with Crippen LogP contribution in [0, 0.1) is 0 Å². The summed E-state index contributed by atoms with van der Waals surface area (Å²) in [5.41, 5.74) is 3.52. The smallest absolute Gasteiger partial charge is 0.171 e. The molecule has 23 heavy (non-hydrogen) atoms. The van der Waals surface area contributed by atoms with E-state index in [1.54, 1.807) is 13.1 Å². The Labute approximate surface area is 145 Å². The molecular weight excluding hydrogens is 324 g/mol. The van der Waals surface area contributed by atoms with Gasteiger partial charge in [0.05, 0.1) is 11.1 Å². The molecule has 1 N–H and O–H groups in total. The lowest BCUT2D eigenvalue weighted by molar-refractivity contribution is 0.201. The average Bonchev–Trinajstić information content (AvgIpc) is 2.81. The Morgan fingerprint density at radius 2 is 1.57 bits per heavy atom. The van der Waals surface area contributed by atoms with Crippen LogP contribution < -0.4 is 0 Å². The molecule has 2 aromatic heterocycles. The first kappa shape index (κ1) is 18.5. The Bertz CT molecular complexity index is 670. The monoisotopic (exact) mass is 352 g/mol. The van der Waals surface area contributed by atoms with E-state index in [0.29, 0.717) is 21.6 Å². The molecule has 0 aliphatic carbocycles. The second kappa shape index (κ2) is 6.58. The minimum absolute atomic E-state index is 0.538. The predicted molar refractivity (Wildman–Crippen MR) is 102 cm³/mol. The van der Waals surface area contributed by atoms with E-state index >= 15 is 0 Å². The summed E-state index contributed by atoms with van der Waals surface area (Å²) in [4.78, 5) is 4.65. The van der Waals surface area contributed by atoms with E-state index in [1.165, 1.54) is 0 Å². The number of halogens is 1. The maximum Gasteiger partial charge on any atom is 0.171 e. The molecule has 0 bridgehead atoms. The van der Waals surface area contributed by atoms with Crippen LogP contribution in [0.25, 0.3) is 11.0 Å². The van der Waals surface area contributed by atoms with E-state index in [2.05, 4.69) is 63.0 Å². The third-order valence-corrected chi connectivity index (χ3v) is 12.4. The topological polar surface area (TPSA) is 38.1 Å². The molecule has 1 atom stereocenters. The molecule has 5 heteroatoms. The van der Waals surface area contributed by atoms with Crippen LogP contribution in [0.2, 0.25) is 21.6 Å². The second-order valence-corrected chi connectivity index (χ2v) is 13.6. The minimum atomic E-state index is -1.86. The van der Waals surface area contributed by atoms with Gasteiger partial charge >= 0.3 is 0 Å². The highest BCUT2D eigenvalue weighted by atomic mass is 35.5. The van der Waals surface area contributed by atoms with Crippen molar-refractivity contribution in [2.45, 2.75) is 71.2 Å². The molecular formula is C18H29ClN2OSi. The number of hydrogen-bond donors (Lipinski definition) is 1. The van der Waals surface area contributed by atoms with Crippen molar-refractivity contribution in [2.24, 2.45) is 0 Å². The fraction of sp³-hybridized carbons (Fsp3) is 0.611. The van der Waals surface area contributed by atoms with Crippen molar-refractivity contribution in [3.05, 3.63) is 29.0 Å². The Morgan fingerprint density at radius 1 is 1.04 bits per heavy atom. The Morgan fingerprint density at radius 3 is 2.00 bits per heavy atom. The molecule has 0 fully saturated rings. The number of pyridine rings is 1. The molecule has 128 valence electrons. The molecule has 0 aromatic carbocycles. The second-order valence-electron chi connectivity index (χ2n) is 7.47. The molecule has 3 nitrogen and oxygen atoms in total. The van der Waals surface area contributed by atoms with E-state index in [9.17, 15) is 5.11 Å². The van der Waals surface area contributed by atoms with Crippen molar-refractivity contribution in [3.8, 4) is 0 Å². The lowest BCUT2D eigenvalue weighted by Crippen LogP contribution is -2.51. The number of aromatic nitrogens is 2. The van der Waals surface area contributed by atoms with Crippen LogP contribution in [0.3, 0.4) is 0 Å². The highest BCUT2D eigenvalue weighted by molar-refractivity contribution is 6.82. The number of hydrogen-bond acceptors (Lipinski definition) is 2. The molecule has 0 saturated carbocycles. The van der Waals surface area contributed by atoms with Gasteiger partial charge in [-0.05, 0) is 35.8 Å². The van der Waals surface area contributed by atoms with Gasteiger partial charge in [-0.3, -0.25) is 0 Å². The van der Waals surface area contributed by atoms with E-state index in [4.69, 9.17) is 11.6 Å². The molecule has 2 rings (SSSR count). The third-order valence-electron chi connectivity index (χ3n) is 5.32. The number of aliphatic hydroxyl groups excluding tert-OH is 1. The summed E-state index contributed by atoms with van der Waals surface area (Å²) in [6.45, 7) is 15.8. The summed E-state index contributed by atoms with van der Waals surface area (Å²) in [5.74, 6) is 0. The lowest BCUT2D eigenvalue weighted by atomic mass is 10.1. The first-order valence-corrected chi connectivity index (χ1v) is 11.0. The molecule has 2 heterocycles. The summed E-state index contributed by atoms with van der Waals surface area (Å²) in [7, 11) is -1.86. The molecule has 0 aliphatic heterocycles. The van der Waals surface area contributed by atoms with Gasteiger partial charge in [0.25, 0.3) is 0 Å². The zero-order chi connectivity index (χ0) is 17.5. The number of nitrogens with zero attached hydrogens (tertiary/aromatic N) is 2. The van der Waals surface area contributed by atoms with Gasteiger partial charge in [0, 0.05) is 17.1 Å². The average molecular weight is 353 g/mol. The SMILES string of the molecule is CC(O)c1c(Cl)cnc2c1ccn2[Si](C(C)C)(C(C)C)C(C)C. The maximum atomic E-state index is 10.1. The Balaban J connectivity index is 2.84. The van der Waals surface area contributed by atoms with Crippen molar-refractivity contribution in [2.75, 3.05) is 0 Å². The van der Waals surface area contributed by atoms with Crippen molar-refractivity contribution in [3.63, 3.8) is 0 Å². The maximum absolute atomic E-state index is 10.1. The molecule has 0 aliphatic rings. The fourth-order valence-electron chi connectivity index (χ4n) is 4.65. The van der Waals surface area contributed by atoms with Gasteiger partial charge in [0.15, 0.2) is 8.24 Å². The summed E-state index contributed by atoms with van der Waals surface area (Å²) >= 11 is 6.29. The van der Waals surface area contributed by atoms with Crippen molar-refractivity contribution >= 4 is 30.9 Å². The molecule has 0 radical (unpaired) electrons. The normalized spacial score (nSPS) is 14.4. The quantitative estimate of drug-likeness (QED) is 0.694. The van der Waals surface area contributed by atoms with E-state index < -0.39 is 14.3 Å². The number of aliphatic hydroxyl groups is 1. The van der Waals surface area contributed by atoms with Crippen LogP contribution in [0.4, 0.5) is 0 Å². The van der Waals surface area contributed by atoms with Gasteiger partial charge in [0.2, 0.25) is 0 Å². The first-order valence-electron chi connectivity index (χ1n) is 8.49. The van der Waals surface area contributed by atoms with Gasteiger partial charge < -0.3 is 9.34 Å². The Hall–Kier alpha value is -0.843. The van der Waals surface area contributed by atoms with E-state index in [1.807, 2.05) is 0 Å².